The molecule has 0 unspecified atom stereocenters. The second kappa shape index (κ2) is 5.84. The van der Waals surface area contributed by atoms with E-state index in [9.17, 15) is 4.79 Å². The van der Waals surface area contributed by atoms with Crippen molar-refractivity contribution in [1.29, 1.82) is 0 Å². The molecule has 3 heterocycles. The van der Waals surface area contributed by atoms with E-state index in [-0.39, 0.29) is 18.1 Å². The van der Waals surface area contributed by atoms with Gasteiger partial charge in [0.05, 0.1) is 24.6 Å². The molecule has 0 saturated carbocycles. The standard InChI is InChI=1S/C15H22N2O2S/c1-16(2)13-10-17(12-6-3-7-19-15(12)13)14(18)9-11-5-4-8-20-11/h4-5,8,12-13,15H,3,6-7,9-10H2,1-2H3/t12-,13-,15+/m1/s1. The lowest BCUT2D eigenvalue weighted by molar-refractivity contribution is -0.133. The van der Waals surface area contributed by atoms with E-state index >= 15 is 0 Å². The number of hydrogen-bond donors (Lipinski definition) is 0. The van der Waals surface area contributed by atoms with Gasteiger partial charge in [0.1, 0.15) is 0 Å². The summed E-state index contributed by atoms with van der Waals surface area (Å²) in [5.41, 5.74) is 0. The minimum absolute atomic E-state index is 0.186. The van der Waals surface area contributed by atoms with E-state index < -0.39 is 0 Å². The molecule has 1 aromatic heterocycles. The number of likely N-dealkylation sites (tertiary alicyclic amines) is 1. The van der Waals surface area contributed by atoms with Gasteiger partial charge in [0.2, 0.25) is 5.91 Å². The topological polar surface area (TPSA) is 32.8 Å². The molecule has 3 atom stereocenters. The van der Waals surface area contributed by atoms with Crippen molar-refractivity contribution in [3.05, 3.63) is 22.4 Å². The first-order valence-electron chi connectivity index (χ1n) is 7.26. The number of nitrogens with zero attached hydrogens (tertiary/aromatic N) is 2. The monoisotopic (exact) mass is 294 g/mol. The normalized spacial score (nSPS) is 29.8. The second-order valence-electron chi connectivity index (χ2n) is 5.88. The van der Waals surface area contributed by atoms with Crippen LogP contribution in [0.1, 0.15) is 17.7 Å². The lowest BCUT2D eigenvalue weighted by atomic mass is 10.0. The summed E-state index contributed by atoms with van der Waals surface area (Å²) < 4.78 is 5.96. The van der Waals surface area contributed by atoms with E-state index in [0.717, 1.165) is 30.9 Å². The number of carbonyl (C=O) groups is 1. The molecule has 2 fully saturated rings. The Bertz CT molecular complexity index is 460. The zero-order valence-corrected chi connectivity index (χ0v) is 12.9. The van der Waals surface area contributed by atoms with Crippen LogP contribution in [0.15, 0.2) is 17.5 Å². The van der Waals surface area contributed by atoms with Crippen LogP contribution in [-0.2, 0) is 16.0 Å². The van der Waals surface area contributed by atoms with Crippen molar-refractivity contribution >= 4 is 17.2 Å². The first-order valence-corrected chi connectivity index (χ1v) is 8.14. The molecule has 1 aromatic rings. The number of fused-ring (bicyclic) bond motifs is 1. The molecule has 3 rings (SSSR count). The van der Waals surface area contributed by atoms with Crippen LogP contribution in [0.4, 0.5) is 0 Å². The Hall–Kier alpha value is -0.910. The molecule has 0 N–H and O–H groups in total. The molecule has 2 aliphatic heterocycles. The molecular weight excluding hydrogens is 272 g/mol. The maximum absolute atomic E-state index is 12.6. The summed E-state index contributed by atoms with van der Waals surface area (Å²) in [6.45, 7) is 1.63. The lowest BCUT2D eigenvalue weighted by Gasteiger charge is -2.33. The summed E-state index contributed by atoms with van der Waals surface area (Å²) in [5, 5.41) is 2.03. The minimum Gasteiger partial charge on any atom is -0.374 e. The third-order valence-electron chi connectivity index (χ3n) is 4.39. The highest BCUT2D eigenvalue weighted by Crippen LogP contribution is 2.31. The summed E-state index contributed by atoms with van der Waals surface area (Å²) in [7, 11) is 4.15. The van der Waals surface area contributed by atoms with Crippen LogP contribution in [0.25, 0.3) is 0 Å². The van der Waals surface area contributed by atoms with Crippen molar-refractivity contribution in [3.63, 3.8) is 0 Å². The third kappa shape index (κ3) is 2.62. The third-order valence-corrected chi connectivity index (χ3v) is 5.26. The smallest absolute Gasteiger partial charge is 0.228 e. The summed E-state index contributed by atoms with van der Waals surface area (Å²) in [4.78, 5) is 18.0. The van der Waals surface area contributed by atoms with Gasteiger partial charge >= 0.3 is 0 Å². The van der Waals surface area contributed by atoms with Crippen LogP contribution >= 0.6 is 11.3 Å². The highest BCUT2D eigenvalue weighted by Gasteiger charge is 2.46. The summed E-state index contributed by atoms with van der Waals surface area (Å²) in [6, 6.07) is 4.64. The molecule has 0 spiro atoms. The van der Waals surface area contributed by atoms with Crippen molar-refractivity contribution in [2.24, 2.45) is 0 Å². The van der Waals surface area contributed by atoms with Crippen LogP contribution in [0.2, 0.25) is 0 Å². The highest BCUT2D eigenvalue weighted by molar-refractivity contribution is 7.10. The lowest BCUT2D eigenvalue weighted by Crippen LogP contribution is -2.46. The number of likely N-dealkylation sites (N-methyl/N-ethyl adjacent to an activating group) is 1. The largest absolute Gasteiger partial charge is 0.374 e. The fraction of sp³-hybridized carbons (Fsp3) is 0.667. The van der Waals surface area contributed by atoms with Gasteiger partial charge in [-0.05, 0) is 38.4 Å². The zero-order chi connectivity index (χ0) is 14.1. The van der Waals surface area contributed by atoms with Crippen molar-refractivity contribution in [2.45, 2.75) is 37.5 Å². The quantitative estimate of drug-likeness (QED) is 0.849. The number of thiophene rings is 1. The Morgan fingerprint density at radius 3 is 3.10 bits per heavy atom. The van der Waals surface area contributed by atoms with Gasteiger partial charge in [-0.25, -0.2) is 0 Å². The van der Waals surface area contributed by atoms with E-state index in [1.807, 2.05) is 17.5 Å². The Balaban J connectivity index is 1.73. The van der Waals surface area contributed by atoms with Gasteiger partial charge in [-0.15, -0.1) is 11.3 Å². The fourth-order valence-electron chi connectivity index (χ4n) is 3.34. The fourth-order valence-corrected chi connectivity index (χ4v) is 4.03. The Kier molecular flexibility index (Phi) is 4.10. The SMILES string of the molecule is CN(C)[C@@H]1CN(C(=O)Cc2cccs2)[C@@H]2CCCO[C@H]12. The maximum Gasteiger partial charge on any atom is 0.228 e. The number of ether oxygens (including phenoxy) is 1. The molecule has 5 heteroatoms. The summed E-state index contributed by atoms with van der Waals surface area (Å²) in [6.07, 6.45) is 2.85. The van der Waals surface area contributed by atoms with E-state index in [4.69, 9.17) is 4.74 Å². The van der Waals surface area contributed by atoms with Gasteiger partial charge in [-0.1, -0.05) is 6.07 Å². The van der Waals surface area contributed by atoms with Gasteiger partial charge in [-0.3, -0.25) is 4.79 Å². The predicted molar refractivity (Wildman–Crippen MR) is 80.0 cm³/mol. The zero-order valence-electron chi connectivity index (χ0n) is 12.1. The molecule has 110 valence electrons. The summed E-state index contributed by atoms with van der Waals surface area (Å²) in [5.74, 6) is 0.248. The first kappa shape index (κ1) is 14.0. The van der Waals surface area contributed by atoms with E-state index in [1.165, 1.54) is 0 Å². The number of rotatable bonds is 3. The molecule has 20 heavy (non-hydrogen) atoms. The average molecular weight is 294 g/mol. The van der Waals surface area contributed by atoms with Crippen LogP contribution < -0.4 is 0 Å². The van der Waals surface area contributed by atoms with Crippen LogP contribution in [0, 0.1) is 0 Å². The number of carbonyl (C=O) groups excluding carboxylic acids is 1. The average Bonchev–Trinajstić information content (AvgIpc) is 3.05. The molecular formula is C15H22N2O2S. The van der Waals surface area contributed by atoms with Gasteiger partial charge in [0.15, 0.2) is 0 Å². The van der Waals surface area contributed by atoms with E-state index in [1.54, 1.807) is 11.3 Å². The van der Waals surface area contributed by atoms with E-state index in [2.05, 4.69) is 23.9 Å². The second-order valence-corrected chi connectivity index (χ2v) is 6.91. The Morgan fingerprint density at radius 2 is 2.40 bits per heavy atom. The van der Waals surface area contributed by atoms with Crippen molar-refractivity contribution in [2.75, 3.05) is 27.2 Å². The number of amides is 1. The van der Waals surface area contributed by atoms with Crippen molar-refractivity contribution in [3.8, 4) is 0 Å². The van der Waals surface area contributed by atoms with Gasteiger partial charge in [0, 0.05) is 18.0 Å². The van der Waals surface area contributed by atoms with Crippen molar-refractivity contribution < 1.29 is 9.53 Å². The molecule has 2 saturated heterocycles. The molecule has 0 aromatic carbocycles. The molecule has 2 aliphatic rings. The maximum atomic E-state index is 12.6. The van der Waals surface area contributed by atoms with Crippen molar-refractivity contribution in [1.82, 2.24) is 9.80 Å². The molecule has 0 radical (unpaired) electrons. The molecule has 0 aliphatic carbocycles. The van der Waals surface area contributed by atoms with Gasteiger partial charge < -0.3 is 14.5 Å². The predicted octanol–water partition coefficient (Wildman–Crippen LogP) is 1.61. The van der Waals surface area contributed by atoms with Gasteiger partial charge in [0.25, 0.3) is 0 Å². The Morgan fingerprint density at radius 1 is 1.55 bits per heavy atom. The highest BCUT2D eigenvalue weighted by atomic mass is 32.1. The van der Waals surface area contributed by atoms with Crippen LogP contribution in [-0.4, -0.2) is 61.1 Å². The van der Waals surface area contributed by atoms with Crippen LogP contribution in [0.3, 0.4) is 0 Å². The Labute approximate surface area is 124 Å². The molecule has 1 amide bonds. The first-order chi connectivity index (χ1) is 9.66. The van der Waals surface area contributed by atoms with E-state index in [0.29, 0.717) is 12.5 Å². The van der Waals surface area contributed by atoms with Gasteiger partial charge in [-0.2, -0.15) is 0 Å². The van der Waals surface area contributed by atoms with Crippen LogP contribution in [0.5, 0.6) is 0 Å². The summed E-state index contributed by atoms with van der Waals surface area (Å²) >= 11 is 1.66. The minimum atomic E-state index is 0.186. The molecule has 0 bridgehead atoms. The number of hydrogen-bond acceptors (Lipinski definition) is 4. The molecule has 4 nitrogen and oxygen atoms in total.